The molecule has 32 heavy (non-hydrogen) atoms. The predicted molar refractivity (Wildman–Crippen MR) is 131 cm³/mol. The Morgan fingerprint density at radius 1 is 1.09 bits per heavy atom. The lowest BCUT2D eigenvalue weighted by Crippen LogP contribution is -2.07. The van der Waals surface area contributed by atoms with Gasteiger partial charge in [-0.2, -0.15) is 0 Å². The van der Waals surface area contributed by atoms with Crippen LogP contribution in [0.5, 0.6) is 0 Å². The minimum absolute atomic E-state index is 0.0640. The molecule has 0 amide bonds. The zero-order chi connectivity index (χ0) is 22.7. The Hall–Kier alpha value is -3.09. The number of nitrogens with zero attached hydrogens (tertiary/aromatic N) is 4. The Labute approximate surface area is 196 Å². The van der Waals surface area contributed by atoms with E-state index in [0.29, 0.717) is 22.5 Å². The summed E-state index contributed by atoms with van der Waals surface area (Å²) in [5, 5.41) is 10.2. The molecule has 0 aliphatic heterocycles. The molecule has 2 heterocycles. The second-order valence-electron chi connectivity index (χ2n) is 7.38. The zero-order valence-corrected chi connectivity index (χ0v) is 19.5. The number of ketones is 1. The van der Waals surface area contributed by atoms with Gasteiger partial charge >= 0.3 is 0 Å². The van der Waals surface area contributed by atoms with Crippen LogP contribution in [0.3, 0.4) is 0 Å². The van der Waals surface area contributed by atoms with Gasteiger partial charge < -0.3 is 4.57 Å². The highest BCUT2D eigenvalue weighted by Crippen LogP contribution is 2.29. The van der Waals surface area contributed by atoms with Gasteiger partial charge in [-0.05, 0) is 56.3 Å². The van der Waals surface area contributed by atoms with Crippen LogP contribution < -0.4 is 0 Å². The van der Waals surface area contributed by atoms with E-state index in [2.05, 4.69) is 21.3 Å². The molecule has 2 aromatic heterocycles. The van der Waals surface area contributed by atoms with Crippen molar-refractivity contribution in [3.8, 4) is 17.1 Å². The molecule has 7 heteroatoms. The molecule has 162 valence electrons. The van der Waals surface area contributed by atoms with Gasteiger partial charge in [-0.3, -0.25) is 9.36 Å². The quantitative estimate of drug-likeness (QED) is 0.178. The molecule has 0 saturated carbocycles. The summed E-state index contributed by atoms with van der Waals surface area (Å²) in [5.74, 6) is 1.03. The number of allylic oxidation sites excluding steroid dienone is 1. The van der Waals surface area contributed by atoms with Crippen molar-refractivity contribution >= 4 is 29.1 Å². The summed E-state index contributed by atoms with van der Waals surface area (Å²) >= 11 is 7.44. The minimum atomic E-state index is 0.0640. The van der Waals surface area contributed by atoms with Crippen molar-refractivity contribution in [2.75, 3.05) is 5.75 Å². The van der Waals surface area contributed by atoms with Crippen LogP contribution >= 0.6 is 23.4 Å². The molecule has 0 aliphatic rings. The Bertz CT molecular complexity index is 1260. The summed E-state index contributed by atoms with van der Waals surface area (Å²) in [5.41, 5.74) is 4.58. The molecule has 0 N–H and O–H groups in total. The monoisotopic (exact) mass is 462 g/mol. The van der Waals surface area contributed by atoms with E-state index in [1.54, 1.807) is 0 Å². The molecule has 0 bridgehead atoms. The fraction of sp³-hybridized carbons (Fsp3) is 0.160. The predicted octanol–water partition coefficient (Wildman–Crippen LogP) is 6.17. The van der Waals surface area contributed by atoms with Crippen molar-refractivity contribution in [2.45, 2.75) is 25.5 Å². The maximum atomic E-state index is 13.0. The van der Waals surface area contributed by atoms with Crippen LogP contribution in [-0.4, -0.2) is 30.9 Å². The molecule has 0 fully saturated rings. The summed E-state index contributed by atoms with van der Waals surface area (Å²) in [4.78, 5) is 13.0. The third-order valence-corrected chi connectivity index (χ3v) is 6.45. The van der Waals surface area contributed by atoms with E-state index in [9.17, 15) is 4.79 Å². The van der Waals surface area contributed by atoms with Crippen molar-refractivity contribution in [2.24, 2.45) is 0 Å². The Balaban J connectivity index is 1.64. The van der Waals surface area contributed by atoms with Crippen LogP contribution in [0.4, 0.5) is 0 Å². The number of carbonyl (C=O) groups is 1. The maximum absolute atomic E-state index is 13.0. The lowest BCUT2D eigenvalue weighted by Gasteiger charge is -2.10. The largest absolute Gasteiger partial charge is 0.345 e. The summed E-state index contributed by atoms with van der Waals surface area (Å²) in [6.45, 7) is 8.47. The number of thioether (sulfide) groups is 1. The third kappa shape index (κ3) is 4.42. The van der Waals surface area contributed by atoms with E-state index in [1.165, 1.54) is 11.8 Å². The topological polar surface area (TPSA) is 52.7 Å². The number of benzene rings is 2. The summed E-state index contributed by atoms with van der Waals surface area (Å²) in [6.07, 6.45) is 1.84. The average Bonchev–Trinajstić information content (AvgIpc) is 3.35. The Kier molecular flexibility index (Phi) is 6.63. The van der Waals surface area contributed by atoms with Gasteiger partial charge in [-0.1, -0.05) is 47.6 Å². The molecule has 4 aromatic rings. The first-order chi connectivity index (χ1) is 15.5. The highest BCUT2D eigenvalue weighted by molar-refractivity contribution is 7.99. The molecule has 0 saturated heterocycles. The van der Waals surface area contributed by atoms with Crippen LogP contribution in [0.1, 0.15) is 21.7 Å². The fourth-order valence-corrected chi connectivity index (χ4v) is 4.62. The lowest BCUT2D eigenvalue weighted by atomic mass is 10.2. The molecule has 0 unspecified atom stereocenters. The number of rotatable bonds is 8. The van der Waals surface area contributed by atoms with Gasteiger partial charge in [-0.15, -0.1) is 16.8 Å². The van der Waals surface area contributed by atoms with Crippen LogP contribution in [0.25, 0.3) is 17.1 Å². The fourth-order valence-electron chi connectivity index (χ4n) is 3.66. The summed E-state index contributed by atoms with van der Waals surface area (Å²) in [7, 11) is 0. The van der Waals surface area contributed by atoms with Crippen LogP contribution in [0.15, 0.2) is 78.5 Å². The number of hydrogen-bond donors (Lipinski definition) is 0. The average molecular weight is 463 g/mol. The second-order valence-corrected chi connectivity index (χ2v) is 8.76. The minimum Gasteiger partial charge on any atom is -0.345 e. The van der Waals surface area contributed by atoms with E-state index >= 15 is 0 Å². The number of para-hydroxylation sites is 1. The van der Waals surface area contributed by atoms with Gasteiger partial charge in [0.25, 0.3) is 0 Å². The van der Waals surface area contributed by atoms with Gasteiger partial charge in [0, 0.05) is 39.8 Å². The van der Waals surface area contributed by atoms with E-state index in [1.807, 2.05) is 85.2 Å². The molecule has 2 aromatic carbocycles. The highest BCUT2D eigenvalue weighted by atomic mass is 35.5. The molecule has 0 spiro atoms. The number of aromatic nitrogens is 4. The molecular weight excluding hydrogens is 440 g/mol. The number of halogens is 1. The van der Waals surface area contributed by atoms with Gasteiger partial charge in [0.15, 0.2) is 16.8 Å². The van der Waals surface area contributed by atoms with E-state index in [0.717, 1.165) is 28.2 Å². The molecule has 0 atom stereocenters. The van der Waals surface area contributed by atoms with Crippen molar-refractivity contribution in [3.05, 3.63) is 95.3 Å². The number of Topliss-reactive ketones (excluding diaryl/α,β-unsaturated/α-hetero) is 1. The van der Waals surface area contributed by atoms with Crippen LogP contribution in [-0.2, 0) is 6.54 Å². The van der Waals surface area contributed by atoms with Crippen molar-refractivity contribution in [1.29, 1.82) is 0 Å². The van der Waals surface area contributed by atoms with Crippen LogP contribution in [0.2, 0.25) is 5.02 Å². The molecule has 5 nitrogen and oxygen atoms in total. The Morgan fingerprint density at radius 2 is 1.81 bits per heavy atom. The number of hydrogen-bond acceptors (Lipinski definition) is 4. The van der Waals surface area contributed by atoms with E-state index < -0.39 is 0 Å². The molecule has 4 rings (SSSR count). The second kappa shape index (κ2) is 9.59. The van der Waals surface area contributed by atoms with Crippen molar-refractivity contribution in [3.63, 3.8) is 0 Å². The lowest BCUT2D eigenvalue weighted by molar-refractivity contribution is 0.102. The zero-order valence-electron chi connectivity index (χ0n) is 18.0. The first-order valence-corrected chi connectivity index (χ1v) is 11.6. The van der Waals surface area contributed by atoms with E-state index in [4.69, 9.17) is 11.6 Å². The third-order valence-electron chi connectivity index (χ3n) is 5.27. The standard InChI is InChI=1S/C25H23ClN4OS/c1-4-14-29-17(2)15-22(18(29)3)23(31)16-32-25-28-27-24(19-10-12-20(26)13-11-19)30(25)21-8-6-5-7-9-21/h4-13,15H,1,14,16H2,2-3H3. The molecule has 0 aliphatic carbocycles. The number of carbonyl (C=O) groups excluding carboxylic acids is 1. The summed E-state index contributed by atoms with van der Waals surface area (Å²) < 4.78 is 4.07. The first-order valence-electron chi connectivity index (χ1n) is 10.2. The summed E-state index contributed by atoms with van der Waals surface area (Å²) in [6, 6.07) is 19.3. The SMILES string of the molecule is C=CCn1c(C)cc(C(=O)CSc2nnc(-c3ccc(Cl)cc3)n2-c2ccccc2)c1C. The smallest absolute Gasteiger partial charge is 0.196 e. The first kappa shape index (κ1) is 22.1. The van der Waals surface area contributed by atoms with Crippen molar-refractivity contribution < 1.29 is 4.79 Å². The molecular formula is C25H23ClN4OS. The van der Waals surface area contributed by atoms with Gasteiger partial charge in [0.05, 0.1) is 5.75 Å². The van der Waals surface area contributed by atoms with Gasteiger partial charge in [0.1, 0.15) is 0 Å². The Morgan fingerprint density at radius 3 is 2.50 bits per heavy atom. The normalized spacial score (nSPS) is 11.0. The maximum Gasteiger partial charge on any atom is 0.196 e. The van der Waals surface area contributed by atoms with Gasteiger partial charge in [-0.25, -0.2) is 0 Å². The van der Waals surface area contributed by atoms with Crippen LogP contribution in [0, 0.1) is 13.8 Å². The molecule has 0 radical (unpaired) electrons. The van der Waals surface area contributed by atoms with E-state index in [-0.39, 0.29) is 11.5 Å². The number of aryl methyl sites for hydroxylation is 1. The van der Waals surface area contributed by atoms with Crippen molar-refractivity contribution in [1.82, 2.24) is 19.3 Å². The highest BCUT2D eigenvalue weighted by Gasteiger charge is 2.20. The van der Waals surface area contributed by atoms with Gasteiger partial charge in [0.2, 0.25) is 0 Å².